The minimum atomic E-state index is 0. The Morgan fingerprint density at radius 2 is 1.82 bits per heavy atom. The Labute approximate surface area is 182 Å². The van der Waals surface area contributed by atoms with Gasteiger partial charge in [0.05, 0.1) is 19.8 Å². The Morgan fingerprint density at radius 3 is 2.50 bits per heavy atom. The molecule has 0 aromatic heterocycles. The maximum absolute atomic E-state index is 6.18. The molecule has 3 nitrogen and oxygen atoms in total. The number of halogens is 1. The van der Waals surface area contributed by atoms with Crippen LogP contribution in [0.5, 0.6) is 0 Å². The lowest BCUT2D eigenvalue weighted by Gasteiger charge is -2.60. The average molecular weight is 452 g/mol. The third-order valence-electron chi connectivity index (χ3n) is 8.12. The average Bonchev–Trinajstić information content (AvgIpc) is 2.69. The van der Waals surface area contributed by atoms with Crippen molar-refractivity contribution >= 4 is 0 Å². The topological polar surface area (TPSA) is 18.5 Å². The fraction of sp³-hybridized carbons (Fsp3) is 0.750. The molecule has 158 valence electrons. The molecule has 1 saturated heterocycles. The molecule has 0 N–H and O–H groups in total. The van der Waals surface area contributed by atoms with E-state index in [2.05, 4.69) is 44.2 Å². The molecule has 5 rings (SSSR count). The molecule has 4 aliphatic rings. The van der Waals surface area contributed by atoms with Crippen LogP contribution in [0.4, 0.5) is 0 Å². The Kier molecular flexibility index (Phi) is 7.63. The van der Waals surface area contributed by atoms with Crippen LogP contribution >= 0.6 is 0 Å². The highest BCUT2D eigenvalue weighted by Crippen LogP contribution is 2.61. The summed E-state index contributed by atoms with van der Waals surface area (Å²) < 4.78 is 12.9. The zero-order chi connectivity index (χ0) is 18.7. The first-order chi connectivity index (χ1) is 13.1. The lowest BCUT2D eigenvalue weighted by molar-refractivity contribution is -0.947. The summed E-state index contributed by atoms with van der Waals surface area (Å²) in [4.78, 5) is 0. The summed E-state index contributed by atoms with van der Waals surface area (Å²) in [5.74, 6) is 2.86. The highest BCUT2D eigenvalue weighted by molar-refractivity contribution is 5.13. The molecule has 3 atom stereocenters. The molecule has 1 heterocycles. The summed E-state index contributed by atoms with van der Waals surface area (Å²) >= 11 is 0. The van der Waals surface area contributed by atoms with E-state index in [1.54, 1.807) is 0 Å². The highest BCUT2D eigenvalue weighted by atomic mass is 79.9. The first kappa shape index (κ1) is 22.3. The van der Waals surface area contributed by atoms with E-state index in [1.807, 2.05) is 0 Å². The fourth-order valence-electron chi connectivity index (χ4n) is 6.06. The second-order valence-electron chi connectivity index (χ2n) is 9.87. The molecule has 0 radical (unpaired) electrons. The van der Waals surface area contributed by atoms with Gasteiger partial charge in [-0.1, -0.05) is 44.2 Å². The van der Waals surface area contributed by atoms with E-state index >= 15 is 0 Å². The van der Waals surface area contributed by atoms with Crippen molar-refractivity contribution in [3.63, 3.8) is 0 Å². The van der Waals surface area contributed by atoms with Crippen LogP contribution in [-0.2, 0) is 16.0 Å². The van der Waals surface area contributed by atoms with E-state index in [4.69, 9.17) is 9.47 Å². The van der Waals surface area contributed by atoms with Crippen molar-refractivity contribution in [1.82, 2.24) is 0 Å². The molecular weight excluding hydrogens is 414 g/mol. The van der Waals surface area contributed by atoms with Gasteiger partial charge in [0.2, 0.25) is 0 Å². The van der Waals surface area contributed by atoms with Crippen molar-refractivity contribution in [2.75, 3.05) is 46.1 Å². The first-order valence-corrected chi connectivity index (χ1v) is 11.1. The zero-order valence-corrected chi connectivity index (χ0v) is 19.3. The van der Waals surface area contributed by atoms with Gasteiger partial charge in [-0.15, -0.1) is 0 Å². The molecule has 4 fully saturated rings. The predicted molar refractivity (Wildman–Crippen MR) is 109 cm³/mol. The van der Waals surface area contributed by atoms with Crippen molar-refractivity contribution in [3.05, 3.63) is 35.9 Å². The summed E-state index contributed by atoms with van der Waals surface area (Å²) in [6.45, 7) is 13.0. The fourth-order valence-corrected chi connectivity index (χ4v) is 6.06. The maximum Gasteiger partial charge on any atom is 0.105 e. The molecule has 1 aliphatic heterocycles. The number of ether oxygens (including phenoxy) is 2. The van der Waals surface area contributed by atoms with E-state index in [0.717, 1.165) is 74.8 Å². The second kappa shape index (κ2) is 9.59. The van der Waals surface area contributed by atoms with E-state index in [9.17, 15) is 0 Å². The van der Waals surface area contributed by atoms with Gasteiger partial charge in [-0.05, 0) is 48.9 Å². The third-order valence-corrected chi connectivity index (χ3v) is 8.12. The summed E-state index contributed by atoms with van der Waals surface area (Å²) in [7, 11) is 0. The predicted octanol–water partition coefficient (Wildman–Crippen LogP) is 1.52. The van der Waals surface area contributed by atoms with Crippen LogP contribution in [0.1, 0.15) is 45.1 Å². The van der Waals surface area contributed by atoms with Crippen LogP contribution in [0.15, 0.2) is 30.3 Å². The molecule has 3 unspecified atom stereocenters. The Balaban J connectivity index is 0.00000225. The number of quaternary nitrogens is 1. The molecule has 3 saturated carbocycles. The highest BCUT2D eigenvalue weighted by Gasteiger charge is 2.53. The van der Waals surface area contributed by atoms with Gasteiger partial charge in [-0.3, -0.25) is 0 Å². The molecule has 4 heteroatoms. The molecule has 2 bridgehead atoms. The minimum absolute atomic E-state index is 0. The molecular formula is C24H38BrNO2. The quantitative estimate of drug-likeness (QED) is 0.440. The summed E-state index contributed by atoms with van der Waals surface area (Å²) in [5.41, 5.74) is 2.03. The number of hydrogen-bond donors (Lipinski definition) is 0. The Hall–Kier alpha value is -0.420. The smallest absolute Gasteiger partial charge is 0.105 e. The van der Waals surface area contributed by atoms with E-state index in [0.29, 0.717) is 5.41 Å². The molecule has 1 aromatic carbocycles. The summed E-state index contributed by atoms with van der Waals surface area (Å²) in [6, 6.07) is 10.9. The van der Waals surface area contributed by atoms with Crippen molar-refractivity contribution in [2.24, 2.45) is 23.2 Å². The van der Waals surface area contributed by atoms with Crippen LogP contribution < -0.4 is 17.0 Å². The number of morpholine rings is 1. The van der Waals surface area contributed by atoms with Crippen molar-refractivity contribution in [3.8, 4) is 0 Å². The summed E-state index contributed by atoms with van der Waals surface area (Å²) in [6.07, 6.45) is 5.63. The third kappa shape index (κ3) is 4.83. The lowest BCUT2D eigenvalue weighted by Crippen LogP contribution is -3.00. The number of nitrogens with zero attached hydrogens (tertiary/aromatic N) is 1. The minimum Gasteiger partial charge on any atom is -1.00 e. The van der Waals surface area contributed by atoms with Gasteiger partial charge in [-0.25, -0.2) is 0 Å². The van der Waals surface area contributed by atoms with Gasteiger partial charge in [0.1, 0.15) is 26.2 Å². The lowest BCUT2D eigenvalue weighted by atomic mass is 9.45. The van der Waals surface area contributed by atoms with Gasteiger partial charge in [0.25, 0.3) is 0 Å². The zero-order valence-electron chi connectivity index (χ0n) is 17.7. The van der Waals surface area contributed by atoms with Crippen LogP contribution in [0.2, 0.25) is 0 Å². The number of hydrogen-bond acceptors (Lipinski definition) is 2. The maximum atomic E-state index is 6.18. The normalized spacial score (nSPS) is 30.1. The van der Waals surface area contributed by atoms with Crippen LogP contribution in [0.3, 0.4) is 0 Å². The van der Waals surface area contributed by atoms with Gasteiger partial charge in [0, 0.05) is 12.2 Å². The second-order valence-corrected chi connectivity index (χ2v) is 9.87. The summed E-state index contributed by atoms with van der Waals surface area (Å²) in [5, 5.41) is 0. The Bertz CT molecular complexity index is 598. The Morgan fingerprint density at radius 1 is 1.07 bits per heavy atom. The van der Waals surface area contributed by atoms with E-state index < -0.39 is 0 Å². The monoisotopic (exact) mass is 451 g/mol. The molecule has 3 aliphatic carbocycles. The first-order valence-electron chi connectivity index (χ1n) is 11.1. The van der Waals surface area contributed by atoms with Crippen molar-refractivity contribution < 1.29 is 30.9 Å². The van der Waals surface area contributed by atoms with Crippen LogP contribution in [-0.4, -0.2) is 50.5 Å². The van der Waals surface area contributed by atoms with E-state index in [-0.39, 0.29) is 17.0 Å². The molecule has 0 amide bonds. The molecule has 28 heavy (non-hydrogen) atoms. The molecule has 0 spiro atoms. The van der Waals surface area contributed by atoms with Gasteiger partial charge in [-0.2, -0.15) is 0 Å². The van der Waals surface area contributed by atoms with E-state index in [1.165, 1.54) is 31.2 Å². The SMILES string of the molecule is CC1(C)C2CCC(CCOCC[N+]3(Cc4ccccc4)CCOCC3)C1C2.[Br-]. The van der Waals surface area contributed by atoms with Crippen LogP contribution in [0, 0.1) is 23.2 Å². The van der Waals surface area contributed by atoms with Crippen LogP contribution in [0.25, 0.3) is 0 Å². The molecule has 1 aromatic rings. The number of benzene rings is 1. The van der Waals surface area contributed by atoms with Crippen molar-refractivity contribution in [2.45, 2.75) is 46.1 Å². The van der Waals surface area contributed by atoms with Gasteiger partial charge in [0.15, 0.2) is 0 Å². The van der Waals surface area contributed by atoms with Gasteiger partial charge >= 0.3 is 0 Å². The number of rotatable bonds is 8. The van der Waals surface area contributed by atoms with Gasteiger partial charge < -0.3 is 30.9 Å². The standard InChI is InChI=1S/C24H38NO2.BrH/c1-24(2)22-9-8-21(23(24)18-22)10-14-26-15-11-25(12-16-27-17-13-25)19-20-6-4-3-5-7-20;/h3-7,21-23H,8-19H2,1-2H3;1H/q+1;/p-1. The van der Waals surface area contributed by atoms with Crippen molar-refractivity contribution in [1.29, 1.82) is 0 Å². The number of fused-ring (bicyclic) bond motifs is 2. The largest absolute Gasteiger partial charge is 1.00 e.